The van der Waals surface area contributed by atoms with Crippen molar-refractivity contribution in [1.82, 2.24) is 14.9 Å². The zero-order chi connectivity index (χ0) is 12.7. The molecule has 17 heavy (non-hydrogen) atoms. The lowest BCUT2D eigenvalue weighted by molar-refractivity contribution is 0.400. The Bertz CT molecular complexity index is 326. The van der Waals surface area contributed by atoms with E-state index < -0.39 is 0 Å². The van der Waals surface area contributed by atoms with Crippen LogP contribution in [0.4, 0.5) is 11.8 Å². The maximum atomic E-state index is 4.45. The van der Waals surface area contributed by atoms with Crippen molar-refractivity contribution < 1.29 is 0 Å². The Morgan fingerprint density at radius 2 is 2.06 bits per heavy atom. The van der Waals surface area contributed by atoms with Crippen LogP contribution in [0.1, 0.15) is 13.3 Å². The van der Waals surface area contributed by atoms with Gasteiger partial charge in [0.2, 0.25) is 5.95 Å². The SMILES string of the molecule is CCN(CCCN(C)C)c1ccnc(NC)n1. The van der Waals surface area contributed by atoms with Crippen molar-refractivity contribution in [3.05, 3.63) is 12.3 Å². The van der Waals surface area contributed by atoms with Crippen LogP contribution in [0, 0.1) is 0 Å². The molecule has 0 fully saturated rings. The summed E-state index contributed by atoms with van der Waals surface area (Å²) in [4.78, 5) is 13.0. The van der Waals surface area contributed by atoms with E-state index in [1.54, 1.807) is 6.20 Å². The summed E-state index contributed by atoms with van der Waals surface area (Å²) in [7, 11) is 6.03. The Morgan fingerprint density at radius 1 is 1.29 bits per heavy atom. The van der Waals surface area contributed by atoms with Gasteiger partial charge in [-0.3, -0.25) is 0 Å². The van der Waals surface area contributed by atoms with E-state index in [9.17, 15) is 0 Å². The summed E-state index contributed by atoms with van der Waals surface area (Å²) in [5, 5.41) is 2.96. The van der Waals surface area contributed by atoms with E-state index in [0.717, 1.165) is 31.9 Å². The van der Waals surface area contributed by atoms with Crippen molar-refractivity contribution in [1.29, 1.82) is 0 Å². The Morgan fingerprint density at radius 3 is 2.65 bits per heavy atom. The van der Waals surface area contributed by atoms with Crippen molar-refractivity contribution >= 4 is 11.8 Å². The summed E-state index contributed by atoms with van der Waals surface area (Å²) in [6.07, 6.45) is 2.93. The number of hydrogen-bond acceptors (Lipinski definition) is 5. The lowest BCUT2D eigenvalue weighted by Crippen LogP contribution is -2.27. The van der Waals surface area contributed by atoms with Crippen LogP contribution in [-0.4, -0.2) is 55.6 Å². The number of hydrogen-bond donors (Lipinski definition) is 1. The fraction of sp³-hybridized carbons (Fsp3) is 0.667. The zero-order valence-corrected chi connectivity index (χ0v) is 11.3. The van der Waals surface area contributed by atoms with Gasteiger partial charge in [0.15, 0.2) is 0 Å². The molecule has 96 valence electrons. The second-order valence-electron chi connectivity index (χ2n) is 4.22. The topological polar surface area (TPSA) is 44.3 Å². The summed E-state index contributed by atoms with van der Waals surface area (Å²) in [6.45, 7) is 5.24. The third-order valence-electron chi connectivity index (χ3n) is 2.60. The highest BCUT2D eigenvalue weighted by Crippen LogP contribution is 2.11. The molecule has 0 aromatic carbocycles. The molecule has 0 radical (unpaired) electrons. The molecular weight excluding hydrogens is 214 g/mol. The molecule has 0 amide bonds. The molecule has 0 aliphatic carbocycles. The maximum Gasteiger partial charge on any atom is 0.224 e. The zero-order valence-electron chi connectivity index (χ0n) is 11.3. The van der Waals surface area contributed by atoms with E-state index in [0.29, 0.717) is 5.95 Å². The third kappa shape index (κ3) is 4.56. The smallest absolute Gasteiger partial charge is 0.224 e. The minimum absolute atomic E-state index is 0.675. The summed E-state index contributed by atoms with van der Waals surface area (Å²) in [5.74, 6) is 1.67. The summed E-state index contributed by atoms with van der Waals surface area (Å²) >= 11 is 0. The Hall–Kier alpha value is -1.36. The van der Waals surface area contributed by atoms with Crippen molar-refractivity contribution in [2.45, 2.75) is 13.3 Å². The first kappa shape index (κ1) is 13.7. The molecule has 1 aromatic heterocycles. The van der Waals surface area contributed by atoms with Gasteiger partial charge in [0.05, 0.1) is 0 Å². The van der Waals surface area contributed by atoms with Crippen LogP contribution >= 0.6 is 0 Å². The van der Waals surface area contributed by atoms with Gasteiger partial charge in [0.25, 0.3) is 0 Å². The molecular formula is C12H23N5. The normalized spacial score (nSPS) is 10.6. The van der Waals surface area contributed by atoms with Crippen LogP contribution < -0.4 is 10.2 Å². The van der Waals surface area contributed by atoms with Crippen LogP contribution in [0.25, 0.3) is 0 Å². The number of nitrogens with one attached hydrogen (secondary N) is 1. The van der Waals surface area contributed by atoms with Crippen molar-refractivity contribution in [3.63, 3.8) is 0 Å². The van der Waals surface area contributed by atoms with Crippen LogP contribution in [-0.2, 0) is 0 Å². The monoisotopic (exact) mass is 237 g/mol. The fourth-order valence-corrected chi connectivity index (χ4v) is 1.66. The number of anilines is 2. The largest absolute Gasteiger partial charge is 0.357 e. The molecule has 0 spiro atoms. The molecule has 1 N–H and O–H groups in total. The lowest BCUT2D eigenvalue weighted by Gasteiger charge is -2.22. The van der Waals surface area contributed by atoms with Crippen LogP contribution in [0.5, 0.6) is 0 Å². The summed E-state index contributed by atoms with van der Waals surface area (Å²) in [5.41, 5.74) is 0. The van der Waals surface area contributed by atoms with Gasteiger partial charge >= 0.3 is 0 Å². The van der Waals surface area contributed by atoms with Crippen LogP contribution in [0.2, 0.25) is 0 Å². The standard InChI is InChI=1S/C12H23N5/c1-5-17(10-6-9-16(3)4)11-7-8-14-12(13-2)15-11/h7-8H,5-6,9-10H2,1-4H3,(H,13,14,15). The molecule has 0 unspecified atom stereocenters. The Labute approximate surface area is 104 Å². The molecule has 0 saturated carbocycles. The third-order valence-corrected chi connectivity index (χ3v) is 2.60. The molecule has 1 rings (SSSR count). The average molecular weight is 237 g/mol. The highest BCUT2D eigenvalue weighted by atomic mass is 15.2. The van der Waals surface area contributed by atoms with Gasteiger partial charge in [-0.2, -0.15) is 4.98 Å². The van der Waals surface area contributed by atoms with Gasteiger partial charge in [0.1, 0.15) is 5.82 Å². The molecule has 0 aliphatic heterocycles. The second-order valence-corrected chi connectivity index (χ2v) is 4.22. The fourth-order valence-electron chi connectivity index (χ4n) is 1.66. The van der Waals surface area contributed by atoms with Crippen molar-refractivity contribution in [2.75, 3.05) is 51.0 Å². The molecule has 5 nitrogen and oxygen atoms in total. The Kier molecular flexibility index (Phi) is 5.69. The molecule has 0 aliphatic rings. The highest BCUT2D eigenvalue weighted by molar-refractivity contribution is 5.41. The predicted octanol–water partition coefficient (Wildman–Crippen LogP) is 1.30. The highest BCUT2D eigenvalue weighted by Gasteiger charge is 2.06. The number of nitrogens with zero attached hydrogens (tertiary/aromatic N) is 4. The molecule has 5 heteroatoms. The lowest BCUT2D eigenvalue weighted by atomic mass is 10.3. The number of rotatable bonds is 7. The van der Waals surface area contributed by atoms with Crippen molar-refractivity contribution in [2.24, 2.45) is 0 Å². The summed E-state index contributed by atoms with van der Waals surface area (Å²) < 4.78 is 0. The van der Waals surface area contributed by atoms with Gasteiger partial charge in [-0.15, -0.1) is 0 Å². The maximum absolute atomic E-state index is 4.45. The van der Waals surface area contributed by atoms with E-state index in [4.69, 9.17) is 0 Å². The quantitative estimate of drug-likeness (QED) is 0.774. The van der Waals surface area contributed by atoms with Crippen molar-refractivity contribution in [3.8, 4) is 0 Å². The molecule has 0 bridgehead atoms. The van der Waals surface area contributed by atoms with Gasteiger partial charge in [-0.1, -0.05) is 0 Å². The molecule has 1 heterocycles. The first-order valence-corrected chi connectivity index (χ1v) is 6.07. The first-order valence-electron chi connectivity index (χ1n) is 6.07. The van der Waals surface area contributed by atoms with E-state index >= 15 is 0 Å². The van der Waals surface area contributed by atoms with E-state index in [2.05, 4.69) is 46.1 Å². The van der Waals surface area contributed by atoms with Gasteiger partial charge in [0, 0.05) is 26.3 Å². The van der Waals surface area contributed by atoms with E-state index in [-0.39, 0.29) is 0 Å². The second kappa shape index (κ2) is 7.06. The molecule has 0 atom stereocenters. The molecule has 0 saturated heterocycles. The van der Waals surface area contributed by atoms with Gasteiger partial charge in [-0.05, 0) is 40.1 Å². The minimum atomic E-state index is 0.675. The average Bonchev–Trinajstić information content (AvgIpc) is 2.34. The predicted molar refractivity (Wildman–Crippen MR) is 72.6 cm³/mol. The first-order chi connectivity index (χ1) is 8.17. The minimum Gasteiger partial charge on any atom is -0.357 e. The van der Waals surface area contributed by atoms with E-state index in [1.807, 2.05) is 13.1 Å². The Balaban J connectivity index is 2.59. The molecule has 1 aromatic rings. The number of aromatic nitrogens is 2. The summed E-state index contributed by atoms with van der Waals surface area (Å²) in [6, 6.07) is 1.96. The van der Waals surface area contributed by atoms with Crippen LogP contribution in [0.3, 0.4) is 0 Å². The van der Waals surface area contributed by atoms with Gasteiger partial charge in [-0.25, -0.2) is 4.98 Å². The van der Waals surface area contributed by atoms with E-state index in [1.165, 1.54) is 0 Å². The van der Waals surface area contributed by atoms with Gasteiger partial charge < -0.3 is 15.1 Å². The van der Waals surface area contributed by atoms with Crippen LogP contribution in [0.15, 0.2) is 12.3 Å².